The molecule has 4 rings (SSSR count). The van der Waals surface area contributed by atoms with Crippen molar-refractivity contribution in [2.45, 2.75) is 76.3 Å². The van der Waals surface area contributed by atoms with Crippen LogP contribution in [-0.4, -0.2) is 28.1 Å². The van der Waals surface area contributed by atoms with Crippen molar-refractivity contribution in [3.05, 3.63) is 40.3 Å². The van der Waals surface area contributed by atoms with Crippen molar-refractivity contribution in [3.63, 3.8) is 0 Å². The van der Waals surface area contributed by atoms with Crippen LogP contribution in [0.1, 0.15) is 75.3 Å². The molecule has 1 aromatic carbocycles. The Morgan fingerprint density at radius 2 is 1.64 bits per heavy atom. The number of rotatable bonds is 3. The van der Waals surface area contributed by atoms with Crippen molar-refractivity contribution in [2.75, 3.05) is 0 Å². The van der Waals surface area contributed by atoms with Crippen LogP contribution in [0.5, 0.6) is 0 Å². The predicted molar refractivity (Wildman–Crippen MR) is 115 cm³/mol. The zero-order chi connectivity index (χ0) is 19.3. The molecule has 1 aliphatic heterocycles. The monoisotopic (exact) mass is 393 g/mol. The van der Waals surface area contributed by atoms with Gasteiger partial charge in [-0.1, -0.05) is 50.7 Å². The average Bonchev–Trinajstić information content (AvgIpc) is 3.04. The van der Waals surface area contributed by atoms with E-state index in [1.54, 1.807) is 23.9 Å². The van der Waals surface area contributed by atoms with E-state index in [1.165, 1.54) is 38.5 Å². The molecule has 28 heavy (non-hydrogen) atoms. The van der Waals surface area contributed by atoms with Crippen molar-refractivity contribution in [3.8, 4) is 6.07 Å². The Bertz CT molecular complexity index is 809. The summed E-state index contributed by atoms with van der Waals surface area (Å²) in [5, 5.41) is 9.90. The lowest BCUT2D eigenvalue weighted by Gasteiger charge is -2.31. The third-order valence-corrected chi connectivity index (χ3v) is 6.98. The Kier molecular flexibility index (Phi) is 6.17. The summed E-state index contributed by atoms with van der Waals surface area (Å²) >= 11 is 1.54. The van der Waals surface area contributed by atoms with Gasteiger partial charge >= 0.3 is 0 Å². The highest BCUT2D eigenvalue weighted by molar-refractivity contribution is 8.18. The summed E-state index contributed by atoms with van der Waals surface area (Å²) in [4.78, 5) is 21.1. The van der Waals surface area contributed by atoms with E-state index >= 15 is 0 Å². The van der Waals surface area contributed by atoms with E-state index in [0.717, 1.165) is 41.3 Å². The molecule has 5 heteroatoms. The molecule has 1 aromatic rings. The van der Waals surface area contributed by atoms with Crippen LogP contribution in [0, 0.1) is 11.3 Å². The minimum Gasteiger partial charge on any atom is -0.284 e. The average molecular weight is 394 g/mol. The Labute approximate surface area is 171 Å². The quantitative estimate of drug-likeness (QED) is 0.638. The van der Waals surface area contributed by atoms with Crippen LogP contribution in [0.2, 0.25) is 0 Å². The fraction of sp³-hybridized carbons (Fsp3) is 0.522. The second-order valence-electron chi connectivity index (χ2n) is 8.01. The molecular formula is C23H27N3OS. The van der Waals surface area contributed by atoms with Gasteiger partial charge in [0.05, 0.1) is 22.6 Å². The van der Waals surface area contributed by atoms with Crippen LogP contribution in [0.15, 0.2) is 34.2 Å². The minimum atomic E-state index is 0.107. The Hall–Kier alpha value is -2.06. The highest BCUT2D eigenvalue weighted by atomic mass is 32.2. The lowest BCUT2D eigenvalue weighted by molar-refractivity contribution is -0.124. The number of hydrogen-bond donors (Lipinski definition) is 0. The molecule has 146 valence electrons. The summed E-state index contributed by atoms with van der Waals surface area (Å²) in [7, 11) is 0. The predicted octanol–water partition coefficient (Wildman–Crippen LogP) is 5.50. The van der Waals surface area contributed by atoms with Gasteiger partial charge in [0.1, 0.15) is 0 Å². The van der Waals surface area contributed by atoms with Crippen molar-refractivity contribution < 1.29 is 4.79 Å². The third kappa shape index (κ3) is 4.33. The molecule has 0 radical (unpaired) electrons. The number of aliphatic imine (C=N–C) groups is 1. The molecule has 0 atom stereocenters. The van der Waals surface area contributed by atoms with Gasteiger partial charge in [-0.15, -0.1) is 0 Å². The Morgan fingerprint density at radius 3 is 2.29 bits per heavy atom. The molecule has 0 unspecified atom stereocenters. The van der Waals surface area contributed by atoms with Crippen molar-refractivity contribution >= 4 is 28.9 Å². The molecule has 1 saturated heterocycles. The lowest BCUT2D eigenvalue weighted by atomic mass is 9.94. The smallest absolute Gasteiger partial charge is 0.266 e. The maximum atomic E-state index is 13.3. The van der Waals surface area contributed by atoms with Crippen LogP contribution in [0.3, 0.4) is 0 Å². The fourth-order valence-corrected chi connectivity index (χ4v) is 5.52. The molecule has 1 amide bonds. The number of nitriles is 1. The van der Waals surface area contributed by atoms with E-state index in [4.69, 9.17) is 10.3 Å². The number of thioether (sulfide) groups is 1. The standard InChI is InChI=1S/C23H27N3OS/c24-16-18-13-11-17(12-14-18)15-21-22(27)26(20-9-5-2-6-10-20)23(28-21)25-19-7-3-1-4-8-19/h11-15,19-20H,1-10H2. The zero-order valence-corrected chi connectivity index (χ0v) is 17.1. The molecule has 2 aliphatic carbocycles. The summed E-state index contributed by atoms with van der Waals surface area (Å²) in [6.45, 7) is 0. The number of nitrogens with zero attached hydrogens (tertiary/aromatic N) is 3. The van der Waals surface area contributed by atoms with Crippen molar-refractivity contribution in [1.82, 2.24) is 4.90 Å². The van der Waals surface area contributed by atoms with Gasteiger partial charge < -0.3 is 0 Å². The molecule has 0 aromatic heterocycles. The van der Waals surface area contributed by atoms with Gasteiger partial charge in [0.2, 0.25) is 0 Å². The van der Waals surface area contributed by atoms with Crippen LogP contribution in [0.4, 0.5) is 0 Å². The maximum absolute atomic E-state index is 13.3. The highest BCUT2D eigenvalue weighted by Gasteiger charge is 2.39. The van der Waals surface area contributed by atoms with E-state index in [9.17, 15) is 4.79 Å². The number of amides is 1. The summed E-state index contributed by atoms with van der Waals surface area (Å²) < 4.78 is 0. The third-order valence-electron chi connectivity index (χ3n) is 5.98. The van der Waals surface area contributed by atoms with Crippen LogP contribution < -0.4 is 0 Å². The van der Waals surface area contributed by atoms with Gasteiger partial charge in [-0.3, -0.25) is 14.7 Å². The molecule has 3 aliphatic rings. The van der Waals surface area contributed by atoms with Gasteiger partial charge in [0.15, 0.2) is 5.17 Å². The normalized spacial score (nSPS) is 24.8. The Morgan fingerprint density at radius 1 is 1.00 bits per heavy atom. The van der Waals surface area contributed by atoms with E-state index < -0.39 is 0 Å². The zero-order valence-electron chi connectivity index (χ0n) is 16.3. The molecule has 3 fully saturated rings. The van der Waals surface area contributed by atoms with E-state index in [2.05, 4.69) is 6.07 Å². The molecule has 0 spiro atoms. The SMILES string of the molecule is N#Cc1ccc(C=C2SC(=NC3CCCCC3)N(C3CCCCC3)C2=O)cc1. The first kappa shape index (κ1) is 19.3. The topological polar surface area (TPSA) is 56.5 Å². The first-order chi connectivity index (χ1) is 13.7. The molecule has 2 saturated carbocycles. The summed E-state index contributed by atoms with van der Waals surface area (Å²) in [5.74, 6) is 0.107. The number of amidine groups is 1. The van der Waals surface area contributed by atoms with E-state index in [0.29, 0.717) is 17.6 Å². The fourth-order valence-electron chi connectivity index (χ4n) is 4.41. The highest BCUT2D eigenvalue weighted by Crippen LogP contribution is 2.38. The van der Waals surface area contributed by atoms with E-state index in [-0.39, 0.29) is 5.91 Å². The summed E-state index contributed by atoms with van der Waals surface area (Å²) in [6.07, 6.45) is 13.9. The van der Waals surface area contributed by atoms with Crippen LogP contribution in [-0.2, 0) is 4.79 Å². The first-order valence-electron chi connectivity index (χ1n) is 10.6. The second-order valence-corrected chi connectivity index (χ2v) is 9.02. The number of carbonyl (C=O) groups is 1. The van der Waals surface area contributed by atoms with Crippen LogP contribution >= 0.6 is 11.8 Å². The lowest BCUT2D eigenvalue weighted by Crippen LogP contribution is -2.41. The summed E-state index contributed by atoms with van der Waals surface area (Å²) in [5.41, 5.74) is 1.59. The van der Waals surface area contributed by atoms with Gasteiger partial charge in [-0.25, -0.2) is 0 Å². The summed E-state index contributed by atoms with van der Waals surface area (Å²) in [6, 6.07) is 10.2. The number of carbonyl (C=O) groups excluding carboxylic acids is 1. The Balaban J connectivity index is 1.61. The van der Waals surface area contributed by atoms with Gasteiger partial charge in [-0.05, 0) is 61.2 Å². The molecule has 4 nitrogen and oxygen atoms in total. The maximum Gasteiger partial charge on any atom is 0.266 e. The van der Waals surface area contributed by atoms with Gasteiger partial charge in [0.25, 0.3) is 5.91 Å². The number of hydrogen-bond acceptors (Lipinski definition) is 4. The molecule has 0 bridgehead atoms. The van der Waals surface area contributed by atoms with Gasteiger partial charge in [0, 0.05) is 6.04 Å². The number of benzene rings is 1. The van der Waals surface area contributed by atoms with Crippen molar-refractivity contribution in [2.24, 2.45) is 4.99 Å². The van der Waals surface area contributed by atoms with Gasteiger partial charge in [-0.2, -0.15) is 5.26 Å². The van der Waals surface area contributed by atoms with Crippen molar-refractivity contribution in [1.29, 1.82) is 5.26 Å². The first-order valence-corrected chi connectivity index (χ1v) is 11.4. The minimum absolute atomic E-state index is 0.107. The molecule has 0 N–H and O–H groups in total. The van der Waals surface area contributed by atoms with Crippen LogP contribution in [0.25, 0.3) is 6.08 Å². The second kappa shape index (κ2) is 8.96. The molecule has 1 heterocycles. The molecular weight excluding hydrogens is 366 g/mol. The largest absolute Gasteiger partial charge is 0.284 e. The van der Waals surface area contributed by atoms with E-state index in [1.807, 2.05) is 23.1 Å².